The Morgan fingerprint density at radius 2 is 1.48 bits per heavy atom. The van der Waals surface area contributed by atoms with E-state index in [0.717, 1.165) is 11.6 Å². The van der Waals surface area contributed by atoms with Crippen LogP contribution in [-0.4, -0.2) is 72.8 Å². The lowest BCUT2D eigenvalue weighted by Gasteiger charge is -2.35. The first-order valence-electron chi connectivity index (χ1n) is 10.9. The summed E-state index contributed by atoms with van der Waals surface area (Å²) in [6.07, 6.45) is -4.53. The van der Waals surface area contributed by atoms with Crippen LogP contribution >= 0.6 is 0 Å². The van der Waals surface area contributed by atoms with E-state index < -0.39 is 17.6 Å². The molecule has 1 aliphatic rings. The number of anilines is 1. The molecule has 1 saturated heterocycles. The fraction of sp³-hybridized carbons (Fsp3) is 0.417. The third kappa shape index (κ3) is 6.79. The van der Waals surface area contributed by atoms with Crippen LogP contribution in [0.4, 0.5) is 18.9 Å². The highest BCUT2D eigenvalue weighted by atomic mass is 19.4. The summed E-state index contributed by atoms with van der Waals surface area (Å²) < 4.78 is 39.3. The molecule has 6 nitrogen and oxygen atoms in total. The van der Waals surface area contributed by atoms with Crippen LogP contribution in [0.25, 0.3) is 0 Å². The van der Waals surface area contributed by atoms with Crippen molar-refractivity contribution in [1.29, 1.82) is 0 Å². The topological polar surface area (TPSA) is 55.9 Å². The van der Waals surface area contributed by atoms with Gasteiger partial charge in [-0.15, -0.1) is 0 Å². The highest BCUT2D eigenvalue weighted by Gasteiger charge is 2.33. The van der Waals surface area contributed by atoms with Gasteiger partial charge in [0.05, 0.1) is 30.4 Å². The first-order chi connectivity index (χ1) is 15.6. The molecule has 1 fully saturated rings. The van der Waals surface area contributed by atoms with E-state index in [4.69, 9.17) is 0 Å². The number of halogens is 3. The van der Waals surface area contributed by atoms with Crippen LogP contribution in [0.2, 0.25) is 0 Å². The number of carbonyl (C=O) groups excluding carboxylic acids is 2. The number of nitrogens with zero attached hydrogens (tertiary/aromatic N) is 3. The van der Waals surface area contributed by atoms with Crippen LogP contribution < -0.4 is 5.32 Å². The number of hydrogen-bond acceptors (Lipinski definition) is 4. The fourth-order valence-electron chi connectivity index (χ4n) is 3.81. The van der Waals surface area contributed by atoms with E-state index in [2.05, 4.69) is 5.32 Å². The second kappa shape index (κ2) is 10.8. The van der Waals surface area contributed by atoms with E-state index in [-0.39, 0.29) is 30.7 Å². The van der Waals surface area contributed by atoms with Gasteiger partial charge in [-0.25, -0.2) is 0 Å². The summed E-state index contributed by atoms with van der Waals surface area (Å²) in [5.41, 5.74) is -0.0402. The predicted molar refractivity (Wildman–Crippen MR) is 121 cm³/mol. The quantitative estimate of drug-likeness (QED) is 0.685. The molecule has 33 heavy (non-hydrogen) atoms. The van der Waals surface area contributed by atoms with Crippen molar-refractivity contribution in [2.75, 3.05) is 51.6 Å². The Morgan fingerprint density at radius 1 is 0.939 bits per heavy atom. The lowest BCUT2D eigenvalue weighted by Crippen LogP contribution is -2.51. The smallest absolute Gasteiger partial charge is 0.338 e. The molecule has 0 bridgehead atoms. The van der Waals surface area contributed by atoms with Gasteiger partial charge in [0.25, 0.3) is 0 Å². The van der Waals surface area contributed by atoms with Crippen molar-refractivity contribution in [2.24, 2.45) is 0 Å². The Morgan fingerprint density at radius 3 is 2.09 bits per heavy atom. The van der Waals surface area contributed by atoms with E-state index in [1.54, 1.807) is 11.9 Å². The molecule has 0 radical (unpaired) electrons. The molecule has 1 aliphatic heterocycles. The van der Waals surface area contributed by atoms with Crippen molar-refractivity contribution in [3.05, 3.63) is 65.7 Å². The number of benzene rings is 2. The lowest BCUT2D eigenvalue weighted by molar-refractivity contribution is -0.137. The van der Waals surface area contributed by atoms with Crippen LogP contribution in [0.1, 0.15) is 24.1 Å². The molecule has 0 spiro atoms. The van der Waals surface area contributed by atoms with Gasteiger partial charge in [-0.1, -0.05) is 42.5 Å². The molecule has 0 unspecified atom stereocenters. The van der Waals surface area contributed by atoms with Crippen molar-refractivity contribution < 1.29 is 22.8 Å². The number of para-hydroxylation sites is 1. The van der Waals surface area contributed by atoms with E-state index in [1.807, 2.05) is 47.1 Å². The molecule has 2 aromatic carbocycles. The molecule has 9 heteroatoms. The molecule has 1 atom stereocenters. The summed E-state index contributed by atoms with van der Waals surface area (Å²) >= 11 is 0. The van der Waals surface area contributed by atoms with Crippen LogP contribution in [0.15, 0.2) is 54.6 Å². The maximum Gasteiger partial charge on any atom is 0.418 e. The summed E-state index contributed by atoms with van der Waals surface area (Å²) in [6, 6.07) is 14.7. The maximum atomic E-state index is 13.1. The molecule has 0 aromatic heterocycles. The largest absolute Gasteiger partial charge is 0.418 e. The highest BCUT2D eigenvalue weighted by molar-refractivity contribution is 5.93. The summed E-state index contributed by atoms with van der Waals surface area (Å²) in [4.78, 5) is 30.7. The molecular formula is C24H29F3N4O2. The standard InChI is InChI=1S/C24H29F3N4O2/c1-18(19-8-4-3-5-9-19)29(2)23(33)17-31-14-12-30(13-15-31)16-22(32)28-21-11-7-6-10-20(21)24(25,26)27/h3-11,18H,12-17H2,1-2H3,(H,28,32)/t18-/m0/s1. The molecule has 1 N–H and O–H groups in total. The van der Waals surface area contributed by atoms with Crippen molar-refractivity contribution >= 4 is 17.5 Å². The monoisotopic (exact) mass is 462 g/mol. The Kier molecular flexibility index (Phi) is 8.10. The van der Waals surface area contributed by atoms with Gasteiger partial charge in [-0.05, 0) is 24.6 Å². The number of amides is 2. The summed E-state index contributed by atoms with van der Waals surface area (Å²) in [5.74, 6) is -0.478. The second-order valence-electron chi connectivity index (χ2n) is 8.24. The van der Waals surface area contributed by atoms with Crippen LogP contribution in [-0.2, 0) is 15.8 Å². The second-order valence-corrected chi connectivity index (χ2v) is 8.24. The normalized spacial score (nSPS) is 16.3. The minimum atomic E-state index is -4.53. The van der Waals surface area contributed by atoms with Crippen LogP contribution in [0.5, 0.6) is 0 Å². The number of alkyl halides is 3. The first kappa shape index (κ1) is 24.7. The number of carbonyl (C=O) groups is 2. The van der Waals surface area contributed by atoms with Gasteiger partial charge in [0.1, 0.15) is 0 Å². The van der Waals surface area contributed by atoms with Gasteiger partial charge in [0.15, 0.2) is 0 Å². The average molecular weight is 463 g/mol. The van der Waals surface area contributed by atoms with Gasteiger partial charge in [0, 0.05) is 33.2 Å². The van der Waals surface area contributed by atoms with E-state index in [1.165, 1.54) is 18.2 Å². The number of nitrogens with one attached hydrogen (secondary N) is 1. The fourth-order valence-corrected chi connectivity index (χ4v) is 3.81. The Labute approximate surface area is 192 Å². The minimum absolute atomic E-state index is 0.00107. The third-order valence-electron chi connectivity index (χ3n) is 5.95. The van der Waals surface area contributed by atoms with E-state index in [9.17, 15) is 22.8 Å². The molecule has 2 aromatic rings. The molecule has 2 amide bonds. The van der Waals surface area contributed by atoms with Crippen molar-refractivity contribution in [1.82, 2.24) is 14.7 Å². The predicted octanol–water partition coefficient (Wildman–Crippen LogP) is 3.48. The van der Waals surface area contributed by atoms with Gasteiger partial charge >= 0.3 is 6.18 Å². The van der Waals surface area contributed by atoms with Gasteiger partial charge < -0.3 is 10.2 Å². The zero-order valence-electron chi connectivity index (χ0n) is 18.8. The maximum absolute atomic E-state index is 13.1. The molecule has 0 aliphatic carbocycles. The average Bonchev–Trinajstić information content (AvgIpc) is 2.79. The Bertz CT molecular complexity index is 944. The Hall–Kier alpha value is -2.91. The van der Waals surface area contributed by atoms with Gasteiger partial charge in [-0.3, -0.25) is 19.4 Å². The molecule has 0 saturated carbocycles. The number of likely N-dealkylation sites (N-methyl/N-ethyl adjacent to an activating group) is 1. The van der Waals surface area contributed by atoms with Crippen LogP contribution in [0, 0.1) is 0 Å². The van der Waals surface area contributed by atoms with Crippen LogP contribution in [0.3, 0.4) is 0 Å². The molecule has 1 heterocycles. The molecule has 178 valence electrons. The summed E-state index contributed by atoms with van der Waals surface area (Å²) in [5, 5.41) is 2.38. The van der Waals surface area contributed by atoms with E-state index in [0.29, 0.717) is 26.2 Å². The van der Waals surface area contributed by atoms with Crippen molar-refractivity contribution in [3.8, 4) is 0 Å². The zero-order valence-corrected chi connectivity index (χ0v) is 18.8. The lowest BCUT2D eigenvalue weighted by atomic mass is 10.1. The summed E-state index contributed by atoms with van der Waals surface area (Å²) in [7, 11) is 1.79. The van der Waals surface area contributed by atoms with Gasteiger partial charge in [0.2, 0.25) is 11.8 Å². The first-order valence-corrected chi connectivity index (χ1v) is 10.9. The number of rotatable bonds is 7. The van der Waals surface area contributed by atoms with Gasteiger partial charge in [-0.2, -0.15) is 13.2 Å². The molecule has 3 rings (SSSR count). The Balaban J connectivity index is 1.45. The van der Waals surface area contributed by atoms with Crippen molar-refractivity contribution in [3.63, 3.8) is 0 Å². The van der Waals surface area contributed by atoms with Crippen molar-refractivity contribution in [2.45, 2.75) is 19.1 Å². The third-order valence-corrected chi connectivity index (χ3v) is 5.95. The highest BCUT2D eigenvalue weighted by Crippen LogP contribution is 2.34. The minimum Gasteiger partial charge on any atom is -0.338 e. The molecular weight excluding hydrogens is 433 g/mol. The number of piperazine rings is 1. The summed E-state index contributed by atoms with van der Waals surface area (Å²) in [6.45, 7) is 4.59. The zero-order chi connectivity index (χ0) is 24.0. The van der Waals surface area contributed by atoms with E-state index >= 15 is 0 Å². The SMILES string of the molecule is C[C@@H](c1ccccc1)N(C)C(=O)CN1CCN(CC(=O)Nc2ccccc2C(F)(F)F)CC1. The number of hydrogen-bond donors (Lipinski definition) is 1.